The summed E-state index contributed by atoms with van der Waals surface area (Å²) in [7, 11) is 1.88. The van der Waals surface area contributed by atoms with Gasteiger partial charge in [0.05, 0.1) is 11.6 Å². The Morgan fingerprint density at radius 1 is 1.39 bits per heavy atom. The van der Waals surface area contributed by atoms with E-state index in [-0.39, 0.29) is 5.82 Å². The second-order valence-corrected chi connectivity index (χ2v) is 4.07. The van der Waals surface area contributed by atoms with Gasteiger partial charge in [-0.05, 0) is 42.9 Å². The normalized spacial score (nSPS) is 10.3. The van der Waals surface area contributed by atoms with E-state index < -0.39 is 0 Å². The summed E-state index contributed by atoms with van der Waals surface area (Å²) in [6.07, 6.45) is 1.93. The monoisotopic (exact) mass is 243 g/mol. The van der Waals surface area contributed by atoms with Crippen LogP contribution in [0.1, 0.15) is 16.8 Å². The number of rotatable bonds is 4. The minimum Gasteiger partial charge on any atom is -0.346 e. The Morgan fingerprint density at radius 3 is 2.94 bits per heavy atom. The summed E-state index contributed by atoms with van der Waals surface area (Å²) < 4.78 is 15.2. The van der Waals surface area contributed by atoms with Gasteiger partial charge < -0.3 is 9.88 Å². The highest BCUT2D eigenvalue weighted by molar-refractivity contribution is 5.38. The molecule has 0 unspecified atom stereocenters. The van der Waals surface area contributed by atoms with Crippen molar-refractivity contribution in [1.29, 1.82) is 5.26 Å². The van der Waals surface area contributed by atoms with Crippen molar-refractivity contribution in [3.05, 3.63) is 59.2 Å². The molecule has 0 aliphatic heterocycles. The van der Waals surface area contributed by atoms with Crippen molar-refractivity contribution in [3.63, 3.8) is 0 Å². The largest absolute Gasteiger partial charge is 0.346 e. The van der Waals surface area contributed by atoms with E-state index in [1.165, 1.54) is 18.2 Å². The fraction of sp³-hybridized carbons (Fsp3) is 0.214. The molecule has 3 nitrogen and oxygen atoms in total. The maximum absolute atomic E-state index is 13.2. The van der Waals surface area contributed by atoms with Crippen LogP contribution in [0.5, 0.6) is 0 Å². The maximum atomic E-state index is 13.2. The highest BCUT2D eigenvalue weighted by atomic mass is 19.1. The standard InChI is InChI=1S/C14H14FN3/c1-17-9-14-3-2-6-18(14)10-12-7-13(15)5-4-11(12)8-16/h2-7,17H,9-10H2,1H3. The predicted molar refractivity (Wildman–Crippen MR) is 67.4 cm³/mol. The lowest BCUT2D eigenvalue weighted by molar-refractivity contribution is 0.621. The summed E-state index contributed by atoms with van der Waals surface area (Å²) in [6.45, 7) is 1.24. The first-order chi connectivity index (χ1) is 8.74. The van der Waals surface area contributed by atoms with Crippen LogP contribution in [0.2, 0.25) is 0 Å². The molecule has 1 heterocycles. The summed E-state index contributed by atoms with van der Waals surface area (Å²) >= 11 is 0. The summed E-state index contributed by atoms with van der Waals surface area (Å²) in [4.78, 5) is 0. The highest BCUT2D eigenvalue weighted by Crippen LogP contribution is 2.14. The molecule has 2 rings (SSSR count). The number of hydrogen-bond acceptors (Lipinski definition) is 2. The third-order valence-electron chi connectivity index (χ3n) is 2.81. The Morgan fingerprint density at radius 2 is 2.22 bits per heavy atom. The number of benzene rings is 1. The zero-order chi connectivity index (χ0) is 13.0. The topological polar surface area (TPSA) is 40.8 Å². The van der Waals surface area contributed by atoms with E-state index in [1.54, 1.807) is 0 Å². The Labute approximate surface area is 105 Å². The van der Waals surface area contributed by atoms with E-state index in [0.29, 0.717) is 17.7 Å². The molecule has 4 heteroatoms. The third-order valence-corrected chi connectivity index (χ3v) is 2.81. The van der Waals surface area contributed by atoms with Crippen LogP contribution in [-0.2, 0) is 13.1 Å². The fourth-order valence-electron chi connectivity index (χ4n) is 1.93. The van der Waals surface area contributed by atoms with Crippen LogP contribution in [0.25, 0.3) is 0 Å². The Bertz CT molecular complexity index is 581. The molecule has 0 aliphatic carbocycles. The molecule has 0 bridgehead atoms. The van der Waals surface area contributed by atoms with E-state index in [4.69, 9.17) is 5.26 Å². The van der Waals surface area contributed by atoms with Crippen LogP contribution in [0.3, 0.4) is 0 Å². The van der Waals surface area contributed by atoms with Crippen molar-refractivity contribution in [2.24, 2.45) is 0 Å². The van der Waals surface area contributed by atoms with Crippen molar-refractivity contribution in [2.75, 3.05) is 7.05 Å². The second-order valence-electron chi connectivity index (χ2n) is 4.07. The number of hydrogen-bond donors (Lipinski definition) is 1. The Kier molecular flexibility index (Phi) is 3.75. The lowest BCUT2D eigenvalue weighted by Gasteiger charge is -2.10. The van der Waals surface area contributed by atoms with Gasteiger partial charge in [0, 0.05) is 25.0 Å². The lowest BCUT2D eigenvalue weighted by Crippen LogP contribution is -2.12. The zero-order valence-corrected chi connectivity index (χ0v) is 10.2. The highest BCUT2D eigenvalue weighted by Gasteiger charge is 2.06. The van der Waals surface area contributed by atoms with Gasteiger partial charge in [0.2, 0.25) is 0 Å². The first-order valence-corrected chi connectivity index (χ1v) is 5.71. The van der Waals surface area contributed by atoms with E-state index in [1.807, 2.05) is 29.9 Å². The molecule has 0 saturated heterocycles. The molecule has 1 aromatic heterocycles. The minimum atomic E-state index is -0.314. The molecule has 18 heavy (non-hydrogen) atoms. The Hall–Kier alpha value is -2.12. The molecule has 1 N–H and O–H groups in total. The lowest BCUT2D eigenvalue weighted by atomic mass is 10.1. The quantitative estimate of drug-likeness (QED) is 0.894. The van der Waals surface area contributed by atoms with Crippen LogP contribution < -0.4 is 5.32 Å². The molecule has 0 spiro atoms. The molecule has 0 fully saturated rings. The SMILES string of the molecule is CNCc1cccn1Cc1cc(F)ccc1C#N. The molecule has 0 radical (unpaired) electrons. The Balaban J connectivity index is 2.31. The van der Waals surface area contributed by atoms with Crippen LogP contribution in [-0.4, -0.2) is 11.6 Å². The van der Waals surface area contributed by atoms with Gasteiger partial charge in [-0.25, -0.2) is 4.39 Å². The van der Waals surface area contributed by atoms with Crippen molar-refractivity contribution in [2.45, 2.75) is 13.1 Å². The van der Waals surface area contributed by atoms with Crippen molar-refractivity contribution < 1.29 is 4.39 Å². The first-order valence-electron chi connectivity index (χ1n) is 5.71. The van der Waals surface area contributed by atoms with Gasteiger partial charge in [0.1, 0.15) is 5.82 Å². The molecule has 0 atom stereocenters. The average Bonchev–Trinajstić information content (AvgIpc) is 2.78. The van der Waals surface area contributed by atoms with Crippen LogP contribution in [0, 0.1) is 17.1 Å². The summed E-state index contributed by atoms with van der Waals surface area (Å²) in [5, 5.41) is 12.1. The third kappa shape index (κ3) is 2.58. The van der Waals surface area contributed by atoms with Crippen LogP contribution >= 0.6 is 0 Å². The summed E-state index contributed by atoms with van der Waals surface area (Å²) in [6, 6.07) is 10.3. The van der Waals surface area contributed by atoms with Crippen molar-refractivity contribution in [3.8, 4) is 6.07 Å². The van der Waals surface area contributed by atoms with Gasteiger partial charge >= 0.3 is 0 Å². The van der Waals surface area contributed by atoms with Gasteiger partial charge in [0.15, 0.2) is 0 Å². The fourth-order valence-corrected chi connectivity index (χ4v) is 1.93. The van der Waals surface area contributed by atoms with Crippen LogP contribution in [0.15, 0.2) is 36.5 Å². The van der Waals surface area contributed by atoms with E-state index in [0.717, 1.165) is 12.2 Å². The van der Waals surface area contributed by atoms with E-state index in [9.17, 15) is 4.39 Å². The van der Waals surface area contributed by atoms with Gasteiger partial charge in [-0.1, -0.05) is 0 Å². The molecule has 0 saturated carbocycles. The zero-order valence-electron chi connectivity index (χ0n) is 10.2. The van der Waals surface area contributed by atoms with Gasteiger partial charge in [-0.15, -0.1) is 0 Å². The minimum absolute atomic E-state index is 0.314. The van der Waals surface area contributed by atoms with E-state index in [2.05, 4.69) is 11.4 Å². The van der Waals surface area contributed by atoms with Crippen molar-refractivity contribution in [1.82, 2.24) is 9.88 Å². The number of nitrogens with zero attached hydrogens (tertiary/aromatic N) is 2. The second kappa shape index (κ2) is 5.48. The van der Waals surface area contributed by atoms with Gasteiger partial charge in [-0.2, -0.15) is 5.26 Å². The molecule has 92 valence electrons. The molecular formula is C14H14FN3. The number of nitrogens with one attached hydrogen (secondary N) is 1. The summed E-state index contributed by atoms with van der Waals surface area (Å²) in [5.74, 6) is -0.314. The predicted octanol–water partition coefficient (Wildman–Crippen LogP) is 2.27. The number of nitriles is 1. The average molecular weight is 243 g/mol. The maximum Gasteiger partial charge on any atom is 0.123 e. The molecule has 1 aromatic carbocycles. The van der Waals surface area contributed by atoms with Crippen molar-refractivity contribution >= 4 is 0 Å². The van der Waals surface area contributed by atoms with E-state index >= 15 is 0 Å². The molecule has 0 aliphatic rings. The van der Waals surface area contributed by atoms with Crippen LogP contribution in [0.4, 0.5) is 4.39 Å². The molecular weight excluding hydrogens is 229 g/mol. The molecule has 0 amide bonds. The number of halogens is 1. The van der Waals surface area contributed by atoms with Gasteiger partial charge in [-0.3, -0.25) is 0 Å². The number of aromatic nitrogens is 1. The first kappa shape index (κ1) is 12.3. The molecule has 2 aromatic rings. The summed E-state index contributed by atoms with van der Waals surface area (Å²) in [5.41, 5.74) is 2.32. The smallest absolute Gasteiger partial charge is 0.123 e. The van der Waals surface area contributed by atoms with Gasteiger partial charge in [0.25, 0.3) is 0 Å².